The zero-order chi connectivity index (χ0) is 20.0. The minimum atomic E-state index is -0.180. The van der Waals surface area contributed by atoms with Crippen LogP contribution in [0.15, 0.2) is 47.5 Å². The molecular weight excluding hydrogens is 386 g/mol. The van der Waals surface area contributed by atoms with E-state index in [4.69, 9.17) is 4.74 Å². The lowest BCUT2D eigenvalue weighted by molar-refractivity contribution is 0.0448. The van der Waals surface area contributed by atoms with Crippen molar-refractivity contribution in [2.45, 2.75) is 42.7 Å². The van der Waals surface area contributed by atoms with Gasteiger partial charge in [0.15, 0.2) is 0 Å². The number of nitrogens with zero attached hydrogens (tertiary/aromatic N) is 2. The summed E-state index contributed by atoms with van der Waals surface area (Å²) in [5, 5.41) is 8.15. The van der Waals surface area contributed by atoms with Crippen LogP contribution in [0.3, 0.4) is 0 Å². The van der Waals surface area contributed by atoms with Gasteiger partial charge in [-0.3, -0.25) is 19.6 Å². The van der Waals surface area contributed by atoms with Crippen LogP contribution in [0.4, 0.5) is 0 Å². The number of imide groups is 1. The van der Waals surface area contributed by atoms with E-state index in [0.717, 1.165) is 40.8 Å². The third-order valence-corrected chi connectivity index (χ3v) is 6.65. The summed E-state index contributed by atoms with van der Waals surface area (Å²) >= 11 is 1.63. The van der Waals surface area contributed by atoms with Gasteiger partial charge >= 0.3 is 0 Å². The molecule has 2 aromatic carbocycles. The van der Waals surface area contributed by atoms with Crippen LogP contribution in [0.2, 0.25) is 0 Å². The molecule has 0 bridgehead atoms. The van der Waals surface area contributed by atoms with E-state index in [1.165, 1.54) is 4.90 Å². The molecule has 7 heteroatoms. The maximum atomic E-state index is 12.8. The SMILES string of the molecule is CSc1c(O[C@@H]2CCC[C@H](N3C(=O)c4ccccc4C3=O)C2)ccc2[nH]ncc12. The van der Waals surface area contributed by atoms with Gasteiger partial charge in [0.1, 0.15) is 11.9 Å². The van der Waals surface area contributed by atoms with E-state index in [1.54, 1.807) is 36.0 Å². The Kier molecular flexibility index (Phi) is 4.54. The summed E-state index contributed by atoms with van der Waals surface area (Å²) in [6, 6.07) is 10.9. The highest BCUT2D eigenvalue weighted by molar-refractivity contribution is 7.99. The molecule has 0 unspecified atom stereocenters. The van der Waals surface area contributed by atoms with Crippen LogP contribution < -0.4 is 4.74 Å². The van der Waals surface area contributed by atoms with Gasteiger partial charge < -0.3 is 4.74 Å². The van der Waals surface area contributed by atoms with Crippen molar-refractivity contribution in [3.63, 3.8) is 0 Å². The van der Waals surface area contributed by atoms with Crippen molar-refractivity contribution in [1.29, 1.82) is 0 Å². The Morgan fingerprint density at radius 2 is 1.86 bits per heavy atom. The monoisotopic (exact) mass is 407 g/mol. The summed E-state index contributed by atoms with van der Waals surface area (Å²) in [6.45, 7) is 0. The zero-order valence-electron chi connectivity index (χ0n) is 16.1. The number of carbonyl (C=O) groups excluding carboxylic acids is 2. The summed E-state index contributed by atoms with van der Waals surface area (Å²) < 4.78 is 6.38. The fraction of sp³-hybridized carbons (Fsp3) is 0.318. The molecule has 148 valence electrons. The Hall–Kier alpha value is -2.80. The van der Waals surface area contributed by atoms with Gasteiger partial charge in [0.25, 0.3) is 11.8 Å². The van der Waals surface area contributed by atoms with Crippen molar-refractivity contribution in [1.82, 2.24) is 15.1 Å². The number of aromatic nitrogens is 2. The normalized spacial score (nSPS) is 21.6. The maximum absolute atomic E-state index is 12.8. The van der Waals surface area contributed by atoms with E-state index in [0.29, 0.717) is 17.5 Å². The summed E-state index contributed by atoms with van der Waals surface area (Å²) in [5.41, 5.74) is 2.00. The molecule has 1 aliphatic heterocycles. The van der Waals surface area contributed by atoms with Crippen LogP contribution in [-0.4, -0.2) is 45.3 Å². The molecule has 3 aromatic rings. The third-order valence-electron chi connectivity index (χ3n) is 5.83. The Morgan fingerprint density at radius 3 is 2.59 bits per heavy atom. The van der Waals surface area contributed by atoms with E-state index in [-0.39, 0.29) is 24.0 Å². The molecule has 6 nitrogen and oxygen atoms in total. The molecule has 2 aliphatic rings. The molecule has 5 rings (SSSR count). The van der Waals surface area contributed by atoms with Crippen molar-refractivity contribution in [2.24, 2.45) is 0 Å². The van der Waals surface area contributed by atoms with Crippen LogP contribution in [0.5, 0.6) is 5.75 Å². The number of amides is 2. The molecule has 1 aliphatic carbocycles. The number of aromatic amines is 1. The van der Waals surface area contributed by atoms with Crippen molar-refractivity contribution < 1.29 is 14.3 Å². The van der Waals surface area contributed by atoms with Crippen LogP contribution in [-0.2, 0) is 0 Å². The van der Waals surface area contributed by atoms with Gasteiger partial charge in [-0.05, 0) is 49.8 Å². The lowest BCUT2D eigenvalue weighted by atomic mass is 9.91. The second-order valence-corrected chi connectivity index (χ2v) is 8.33. The summed E-state index contributed by atoms with van der Waals surface area (Å²) in [5.74, 6) is 0.473. The van der Waals surface area contributed by atoms with Crippen LogP contribution in [0, 0.1) is 0 Å². The number of nitrogens with one attached hydrogen (secondary N) is 1. The highest BCUT2D eigenvalue weighted by atomic mass is 32.2. The predicted octanol–water partition coefficient (Wildman–Crippen LogP) is 4.27. The number of thioether (sulfide) groups is 1. The van der Waals surface area contributed by atoms with Crippen LogP contribution >= 0.6 is 11.8 Å². The molecular formula is C22H21N3O3S. The minimum Gasteiger partial charge on any atom is -0.489 e. The molecule has 29 heavy (non-hydrogen) atoms. The molecule has 2 heterocycles. The van der Waals surface area contributed by atoms with Gasteiger partial charge in [-0.2, -0.15) is 5.10 Å². The molecule has 2 atom stereocenters. The number of benzene rings is 2. The number of carbonyl (C=O) groups is 2. The lowest BCUT2D eigenvalue weighted by Gasteiger charge is -2.34. The number of H-pyrrole nitrogens is 1. The summed E-state index contributed by atoms with van der Waals surface area (Å²) in [7, 11) is 0. The van der Waals surface area contributed by atoms with Crippen molar-refractivity contribution in [2.75, 3.05) is 6.26 Å². The molecule has 0 saturated heterocycles. The first-order valence-electron chi connectivity index (χ1n) is 9.81. The molecule has 1 saturated carbocycles. The van der Waals surface area contributed by atoms with Crippen molar-refractivity contribution >= 4 is 34.5 Å². The first-order valence-corrected chi connectivity index (χ1v) is 11.0. The zero-order valence-corrected chi connectivity index (χ0v) is 16.9. The standard InChI is InChI=1S/C22H21N3O3S/c1-29-20-17-12-23-24-18(17)9-10-19(20)28-14-6-4-5-13(11-14)25-21(26)15-7-2-3-8-16(15)22(25)27/h2-3,7-10,12-14H,4-6,11H2,1H3,(H,23,24)/t13-,14+/m0/s1. The smallest absolute Gasteiger partial charge is 0.261 e. The van der Waals surface area contributed by atoms with Gasteiger partial charge in [-0.25, -0.2) is 0 Å². The van der Waals surface area contributed by atoms with E-state index >= 15 is 0 Å². The second-order valence-electron chi connectivity index (χ2n) is 7.51. The number of ether oxygens (including phenoxy) is 1. The van der Waals surface area contributed by atoms with Crippen LogP contribution in [0.25, 0.3) is 10.9 Å². The Labute approximate surface area is 172 Å². The van der Waals surface area contributed by atoms with E-state index in [9.17, 15) is 9.59 Å². The molecule has 0 radical (unpaired) electrons. The Balaban J connectivity index is 1.37. The van der Waals surface area contributed by atoms with E-state index < -0.39 is 0 Å². The van der Waals surface area contributed by atoms with Crippen molar-refractivity contribution in [3.8, 4) is 5.75 Å². The van der Waals surface area contributed by atoms with Gasteiger partial charge in [0.2, 0.25) is 0 Å². The topological polar surface area (TPSA) is 75.3 Å². The van der Waals surface area contributed by atoms with Gasteiger partial charge in [-0.1, -0.05) is 12.1 Å². The number of hydrogen-bond acceptors (Lipinski definition) is 5. The quantitative estimate of drug-likeness (QED) is 0.516. The second kappa shape index (κ2) is 7.22. The highest BCUT2D eigenvalue weighted by Crippen LogP contribution is 2.38. The molecule has 1 fully saturated rings. The summed E-state index contributed by atoms with van der Waals surface area (Å²) in [4.78, 5) is 28.2. The average molecular weight is 407 g/mol. The van der Waals surface area contributed by atoms with Crippen molar-refractivity contribution in [3.05, 3.63) is 53.7 Å². The van der Waals surface area contributed by atoms with Gasteiger partial charge in [-0.15, -0.1) is 11.8 Å². The van der Waals surface area contributed by atoms with Gasteiger partial charge in [0, 0.05) is 17.8 Å². The number of rotatable bonds is 4. The van der Waals surface area contributed by atoms with Crippen LogP contribution in [0.1, 0.15) is 46.4 Å². The molecule has 1 N–H and O–H groups in total. The first-order chi connectivity index (χ1) is 14.2. The highest BCUT2D eigenvalue weighted by Gasteiger charge is 2.41. The van der Waals surface area contributed by atoms with E-state index in [1.807, 2.05) is 24.6 Å². The Morgan fingerprint density at radius 1 is 1.10 bits per heavy atom. The number of fused-ring (bicyclic) bond motifs is 2. The predicted molar refractivity (Wildman–Crippen MR) is 111 cm³/mol. The Bertz CT molecular complexity index is 1070. The first kappa shape index (κ1) is 18.2. The number of hydrogen-bond donors (Lipinski definition) is 1. The minimum absolute atomic E-state index is 0.0340. The molecule has 2 amide bonds. The fourth-order valence-electron chi connectivity index (χ4n) is 4.46. The lowest BCUT2D eigenvalue weighted by Crippen LogP contribution is -2.44. The largest absolute Gasteiger partial charge is 0.489 e. The molecule has 1 aromatic heterocycles. The average Bonchev–Trinajstić information content (AvgIpc) is 3.31. The fourth-order valence-corrected chi connectivity index (χ4v) is 5.16. The third kappa shape index (κ3) is 3.00. The summed E-state index contributed by atoms with van der Waals surface area (Å²) in [6.07, 6.45) is 7.12. The maximum Gasteiger partial charge on any atom is 0.261 e. The van der Waals surface area contributed by atoms with E-state index in [2.05, 4.69) is 10.2 Å². The van der Waals surface area contributed by atoms with Gasteiger partial charge in [0.05, 0.1) is 27.7 Å². The molecule has 0 spiro atoms.